The third-order valence-electron chi connectivity index (χ3n) is 5.74. The van der Waals surface area contributed by atoms with Crippen LogP contribution in [-0.4, -0.2) is 42.0 Å². The lowest BCUT2D eigenvalue weighted by Gasteiger charge is -2.29. The second kappa shape index (κ2) is 8.07. The summed E-state index contributed by atoms with van der Waals surface area (Å²) >= 11 is 6.17. The van der Waals surface area contributed by atoms with Gasteiger partial charge in [0.05, 0.1) is 36.6 Å². The summed E-state index contributed by atoms with van der Waals surface area (Å²) in [6, 6.07) is 5.47. The monoisotopic (exact) mass is 431 g/mol. The van der Waals surface area contributed by atoms with Gasteiger partial charge in [-0.05, 0) is 31.0 Å². The van der Waals surface area contributed by atoms with Gasteiger partial charge in [0.15, 0.2) is 0 Å². The molecule has 0 radical (unpaired) electrons. The van der Waals surface area contributed by atoms with Crippen LogP contribution < -0.4 is 9.47 Å². The fourth-order valence-corrected chi connectivity index (χ4v) is 4.56. The van der Waals surface area contributed by atoms with Crippen LogP contribution in [-0.2, 0) is 9.59 Å². The highest BCUT2D eigenvalue weighted by molar-refractivity contribution is 6.46. The Hall–Kier alpha value is -2.93. The summed E-state index contributed by atoms with van der Waals surface area (Å²) < 4.78 is 16.2. The number of halogens is 1. The van der Waals surface area contributed by atoms with E-state index in [1.807, 2.05) is 0 Å². The SMILES string of the molecule is COc1cc(/C(O)=C2\C(=O)C(=O)N(C3CCCC3)C2c2ccco2)c(OC)cc1Cl. The van der Waals surface area contributed by atoms with Gasteiger partial charge in [-0.25, -0.2) is 0 Å². The molecule has 8 heteroatoms. The number of ketones is 1. The van der Waals surface area contributed by atoms with Crippen molar-refractivity contribution in [2.24, 2.45) is 0 Å². The number of Topliss-reactive ketones (excluding diaryl/α,β-unsaturated/α-hetero) is 1. The van der Waals surface area contributed by atoms with Crippen LogP contribution >= 0.6 is 11.6 Å². The van der Waals surface area contributed by atoms with E-state index in [4.69, 9.17) is 25.5 Å². The van der Waals surface area contributed by atoms with E-state index < -0.39 is 17.7 Å². The molecule has 0 bridgehead atoms. The minimum atomic E-state index is -0.811. The molecule has 0 spiro atoms. The summed E-state index contributed by atoms with van der Waals surface area (Å²) in [4.78, 5) is 27.6. The van der Waals surface area contributed by atoms with Crippen molar-refractivity contribution in [3.63, 3.8) is 0 Å². The predicted octanol–water partition coefficient (Wildman–Crippen LogP) is 4.31. The molecule has 1 saturated heterocycles. The summed E-state index contributed by atoms with van der Waals surface area (Å²) in [5, 5.41) is 11.5. The number of hydrogen-bond donors (Lipinski definition) is 1. The lowest BCUT2D eigenvalue weighted by Crippen LogP contribution is -2.37. The Bertz CT molecular complexity index is 1010. The lowest BCUT2D eigenvalue weighted by molar-refractivity contribution is -0.141. The first kappa shape index (κ1) is 20.3. The van der Waals surface area contributed by atoms with Gasteiger partial charge in [-0.3, -0.25) is 9.59 Å². The van der Waals surface area contributed by atoms with Crippen LogP contribution in [0.1, 0.15) is 43.0 Å². The van der Waals surface area contributed by atoms with E-state index in [0.29, 0.717) is 16.5 Å². The van der Waals surface area contributed by atoms with Gasteiger partial charge in [-0.1, -0.05) is 24.4 Å². The number of carbonyl (C=O) groups excluding carboxylic acids is 2. The molecule has 1 unspecified atom stereocenters. The summed E-state index contributed by atoms with van der Waals surface area (Å²) in [5.74, 6) is -0.770. The first-order valence-electron chi connectivity index (χ1n) is 9.73. The summed E-state index contributed by atoms with van der Waals surface area (Å²) in [7, 11) is 2.87. The van der Waals surface area contributed by atoms with Crippen LogP contribution in [0.25, 0.3) is 5.76 Å². The van der Waals surface area contributed by atoms with Gasteiger partial charge in [0.2, 0.25) is 0 Å². The maximum absolute atomic E-state index is 13.1. The van der Waals surface area contributed by atoms with Crippen molar-refractivity contribution in [3.8, 4) is 11.5 Å². The number of amides is 1. The Kier molecular flexibility index (Phi) is 5.47. The molecule has 2 aromatic rings. The fraction of sp³-hybridized carbons (Fsp3) is 0.364. The van der Waals surface area contributed by atoms with Crippen molar-refractivity contribution in [2.45, 2.75) is 37.8 Å². The first-order valence-corrected chi connectivity index (χ1v) is 10.1. The Morgan fingerprint density at radius 3 is 2.47 bits per heavy atom. The van der Waals surface area contributed by atoms with Crippen LogP contribution in [0.4, 0.5) is 0 Å². The average Bonchev–Trinajstić information content (AvgIpc) is 3.49. The molecule has 1 aromatic heterocycles. The summed E-state index contributed by atoms with van der Waals surface area (Å²) in [6.07, 6.45) is 5.07. The van der Waals surface area contributed by atoms with Gasteiger partial charge in [0.25, 0.3) is 11.7 Å². The smallest absolute Gasteiger partial charge is 0.296 e. The second-order valence-corrected chi connectivity index (χ2v) is 7.75. The number of methoxy groups -OCH3 is 2. The quantitative estimate of drug-likeness (QED) is 0.431. The molecule has 30 heavy (non-hydrogen) atoms. The minimum absolute atomic E-state index is 0.0375. The number of rotatable bonds is 5. The summed E-state index contributed by atoms with van der Waals surface area (Å²) in [5.41, 5.74) is 0.171. The Balaban J connectivity index is 1.92. The molecule has 7 nitrogen and oxygen atoms in total. The zero-order chi connectivity index (χ0) is 21.4. The third kappa shape index (κ3) is 3.23. The molecule has 4 rings (SSSR count). The van der Waals surface area contributed by atoms with E-state index in [9.17, 15) is 14.7 Å². The zero-order valence-electron chi connectivity index (χ0n) is 16.7. The average molecular weight is 432 g/mol. The number of aliphatic hydroxyl groups is 1. The molecule has 1 atom stereocenters. The highest BCUT2D eigenvalue weighted by atomic mass is 35.5. The van der Waals surface area contributed by atoms with Gasteiger partial charge < -0.3 is 23.9 Å². The number of benzene rings is 1. The fourth-order valence-electron chi connectivity index (χ4n) is 4.33. The predicted molar refractivity (Wildman–Crippen MR) is 110 cm³/mol. The van der Waals surface area contributed by atoms with E-state index in [2.05, 4.69) is 0 Å². The topological polar surface area (TPSA) is 89.2 Å². The molecule has 1 saturated carbocycles. The van der Waals surface area contributed by atoms with Crippen LogP contribution in [0.15, 0.2) is 40.5 Å². The number of nitrogens with zero attached hydrogens (tertiary/aromatic N) is 1. The van der Waals surface area contributed by atoms with Gasteiger partial charge in [-0.2, -0.15) is 0 Å². The largest absolute Gasteiger partial charge is 0.507 e. The van der Waals surface area contributed by atoms with E-state index >= 15 is 0 Å². The van der Waals surface area contributed by atoms with Crippen LogP contribution in [0.2, 0.25) is 5.02 Å². The highest BCUT2D eigenvalue weighted by Gasteiger charge is 2.50. The van der Waals surface area contributed by atoms with Gasteiger partial charge >= 0.3 is 0 Å². The molecular weight excluding hydrogens is 410 g/mol. The molecule has 2 fully saturated rings. The number of aliphatic hydroxyl groups excluding tert-OH is 1. The van der Waals surface area contributed by atoms with Crippen LogP contribution in [0.5, 0.6) is 11.5 Å². The number of likely N-dealkylation sites (tertiary alicyclic amines) is 1. The van der Waals surface area contributed by atoms with Crippen LogP contribution in [0.3, 0.4) is 0 Å². The molecule has 1 N–H and O–H groups in total. The Labute approximate surface area is 178 Å². The molecule has 2 heterocycles. The number of hydrogen-bond acceptors (Lipinski definition) is 6. The maximum Gasteiger partial charge on any atom is 0.296 e. The van der Waals surface area contributed by atoms with Crippen molar-refractivity contribution in [2.75, 3.05) is 14.2 Å². The molecule has 158 valence electrons. The number of ether oxygens (including phenoxy) is 2. The molecule has 2 aliphatic rings. The van der Waals surface area contributed by atoms with Crippen molar-refractivity contribution >= 4 is 29.1 Å². The molecule has 1 amide bonds. The zero-order valence-corrected chi connectivity index (χ0v) is 17.4. The van der Waals surface area contributed by atoms with Crippen molar-refractivity contribution < 1.29 is 28.6 Å². The third-order valence-corrected chi connectivity index (χ3v) is 6.04. The van der Waals surface area contributed by atoms with Gasteiger partial charge in [0.1, 0.15) is 29.1 Å². The normalized spacial score (nSPS) is 21.4. The lowest BCUT2D eigenvalue weighted by atomic mass is 9.98. The standard InChI is InChI=1S/C22H22ClNO6/c1-28-16-11-14(23)17(29-2)10-13(16)20(25)18-19(15-8-5-9-30-15)24(22(27)21(18)26)12-6-3-4-7-12/h5,8-12,19,25H,3-4,6-7H2,1-2H3/b20-18+. The van der Waals surface area contributed by atoms with E-state index in [-0.39, 0.29) is 28.7 Å². The highest BCUT2D eigenvalue weighted by Crippen LogP contribution is 2.45. The summed E-state index contributed by atoms with van der Waals surface area (Å²) in [6.45, 7) is 0. The number of carbonyl (C=O) groups is 2. The van der Waals surface area contributed by atoms with Crippen molar-refractivity contribution in [1.82, 2.24) is 4.90 Å². The molecular formula is C22H22ClNO6. The maximum atomic E-state index is 13.1. The van der Waals surface area contributed by atoms with Gasteiger partial charge in [-0.15, -0.1) is 0 Å². The van der Waals surface area contributed by atoms with Crippen molar-refractivity contribution in [3.05, 3.63) is 52.4 Å². The first-order chi connectivity index (χ1) is 14.5. The molecule has 1 aliphatic carbocycles. The van der Waals surface area contributed by atoms with Crippen LogP contribution in [0, 0.1) is 0 Å². The van der Waals surface area contributed by atoms with E-state index in [0.717, 1.165) is 25.7 Å². The van der Waals surface area contributed by atoms with E-state index in [1.54, 1.807) is 17.0 Å². The molecule has 1 aliphatic heterocycles. The van der Waals surface area contributed by atoms with Gasteiger partial charge in [0, 0.05) is 12.1 Å². The second-order valence-electron chi connectivity index (χ2n) is 7.35. The minimum Gasteiger partial charge on any atom is -0.507 e. The Morgan fingerprint density at radius 1 is 1.17 bits per heavy atom. The van der Waals surface area contributed by atoms with Crippen molar-refractivity contribution in [1.29, 1.82) is 0 Å². The van der Waals surface area contributed by atoms with E-state index in [1.165, 1.54) is 32.6 Å². The Morgan fingerprint density at radius 2 is 1.87 bits per heavy atom. The number of furan rings is 1. The molecule has 1 aromatic carbocycles.